The Morgan fingerprint density at radius 1 is 0.955 bits per heavy atom. The Bertz CT molecular complexity index is 679. The van der Waals surface area contributed by atoms with Crippen molar-refractivity contribution in [1.29, 1.82) is 0 Å². The molecule has 0 atom stereocenters. The third-order valence-corrected chi connectivity index (χ3v) is 5.27. The summed E-state index contributed by atoms with van der Waals surface area (Å²) in [5.74, 6) is 0. The van der Waals surface area contributed by atoms with Crippen molar-refractivity contribution < 1.29 is 18.3 Å². The summed E-state index contributed by atoms with van der Waals surface area (Å²) in [5.41, 5.74) is -1.25. The zero-order valence-corrected chi connectivity index (χ0v) is 12.5. The van der Waals surface area contributed by atoms with Gasteiger partial charge in [0.1, 0.15) is 0 Å². The molecule has 0 aromatic heterocycles. The highest BCUT2D eigenvalue weighted by atomic mass is 32.2. The van der Waals surface area contributed by atoms with Crippen molar-refractivity contribution in [2.24, 2.45) is 0 Å². The first kappa shape index (κ1) is 16.3. The highest BCUT2D eigenvalue weighted by Gasteiger charge is 2.30. The average molecular weight is 330 g/mol. The highest BCUT2D eigenvalue weighted by molar-refractivity contribution is 7.89. The van der Waals surface area contributed by atoms with Crippen LogP contribution in [0, 0.1) is 20.2 Å². The van der Waals surface area contributed by atoms with E-state index in [9.17, 15) is 28.6 Å². The van der Waals surface area contributed by atoms with Crippen molar-refractivity contribution >= 4 is 21.4 Å². The number of nitro groups is 2. The molecule has 1 saturated heterocycles. The molecule has 0 unspecified atom stereocenters. The second-order valence-corrected chi connectivity index (χ2v) is 6.84. The molecular formula is C11H14N4O6S. The zero-order chi connectivity index (χ0) is 16.5. The molecule has 0 spiro atoms. The van der Waals surface area contributed by atoms with Gasteiger partial charge in [-0.3, -0.25) is 20.2 Å². The molecule has 1 aliphatic heterocycles. The minimum atomic E-state index is -4.00. The van der Waals surface area contributed by atoms with Crippen LogP contribution in [0.3, 0.4) is 0 Å². The fraction of sp³-hybridized carbons (Fsp3) is 0.455. The van der Waals surface area contributed by atoms with Crippen molar-refractivity contribution in [3.63, 3.8) is 0 Å². The van der Waals surface area contributed by atoms with E-state index in [4.69, 9.17) is 0 Å². The van der Waals surface area contributed by atoms with Gasteiger partial charge in [-0.05, 0) is 7.05 Å². The Kier molecular flexibility index (Phi) is 4.39. The van der Waals surface area contributed by atoms with Gasteiger partial charge in [0.25, 0.3) is 11.4 Å². The van der Waals surface area contributed by atoms with Gasteiger partial charge in [0.15, 0.2) is 0 Å². The molecule has 120 valence electrons. The minimum Gasteiger partial charge on any atom is -0.304 e. The van der Waals surface area contributed by atoms with Crippen molar-refractivity contribution in [3.05, 3.63) is 38.4 Å². The van der Waals surface area contributed by atoms with Gasteiger partial charge in [-0.1, -0.05) is 0 Å². The number of piperazine rings is 1. The van der Waals surface area contributed by atoms with E-state index in [0.29, 0.717) is 13.1 Å². The number of likely N-dealkylation sites (N-methyl/N-ethyl adjacent to an activating group) is 1. The molecule has 0 N–H and O–H groups in total. The molecule has 1 aliphatic rings. The van der Waals surface area contributed by atoms with Crippen LogP contribution in [-0.2, 0) is 10.0 Å². The highest BCUT2D eigenvalue weighted by Crippen LogP contribution is 2.27. The summed E-state index contributed by atoms with van der Waals surface area (Å²) in [6.45, 7) is 1.51. The van der Waals surface area contributed by atoms with Crippen molar-refractivity contribution in [2.45, 2.75) is 4.90 Å². The maximum Gasteiger partial charge on any atom is 0.277 e. The van der Waals surface area contributed by atoms with Gasteiger partial charge < -0.3 is 4.90 Å². The molecule has 0 aliphatic carbocycles. The Labute approximate surface area is 126 Å². The van der Waals surface area contributed by atoms with Crippen LogP contribution in [0.1, 0.15) is 0 Å². The number of non-ortho nitro benzene ring substituents is 2. The lowest BCUT2D eigenvalue weighted by Gasteiger charge is -2.31. The SMILES string of the molecule is CN1CCN(S(=O)(=O)c2cc([N+](=O)[O-])cc([N+](=O)[O-])c2)CC1. The number of hydrogen-bond donors (Lipinski definition) is 0. The molecule has 0 bridgehead atoms. The fourth-order valence-electron chi connectivity index (χ4n) is 2.11. The lowest BCUT2D eigenvalue weighted by Crippen LogP contribution is -2.47. The maximum absolute atomic E-state index is 12.5. The number of hydrogen-bond acceptors (Lipinski definition) is 7. The van der Waals surface area contributed by atoms with Gasteiger partial charge in [-0.15, -0.1) is 0 Å². The third kappa shape index (κ3) is 3.21. The molecule has 0 radical (unpaired) electrons. The van der Waals surface area contributed by atoms with Crippen LogP contribution in [-0.4, -0.2) is 60.7 Å². The molecule has 0 amide bonds. The summed E-state index contributed by atoms with van der Waals surface area (Å²) in [4.78, 5) is 21.5. The molecule has 1 aromatic rings. The first-order chi connectivity index (χ1) is 10.2. The Morgan fingerprint density at radius 2 is 1.41 bits per heavy atom. The van der Waals surface area contributed by atoms with Crippen molar-refractivity contribution in [1.82, 2.24) is 9.21 Å². The van der Waals surface area contributed by atoms with E-state index < -0.39 is 36.1 Å². The molecule has 11 heteroatoms. The summed E-state index contributed by atoms with van der Waals surface area (Å²) in [5, 5.41) is 21.7. The molecule has 1 aromatic carbocycles. The number of nitro benzene ring substituents is 2. The Morgan fingerprint density at radius 3 is 1.82 bits per heavy atom. The Hall–Kier alpha value is -2.11. The lowest BCUT2D eigenvalue weighted by atomic mass is 10.3. The molecule has 2 rings (SSSR count). The minimum absolute atomic E-state index is 0.231. The lowest BCUT2D eigenvalue weighted by molar-refractivity contribution is -0.394. The maximum atomic E-state index is 12.5. The monoisotopic (exact) mass is 330 g/mol. The van der Waals surface area contributed by atoms with E-state index in [0.717, 1.165) is 18.2 Å². The van der Waals surface area contributed by atoms with Gasteiger partial charge in [-0.25, -0.2) is 8.42 Å². The molecule has 22 heavy (non-hydrogen) atoms. The van der Waals surface area contributed by atoms with E-state index in [1.807, 2.05) is 11.9 Å². The largest absolute Gasteiger partial charge is 0.304 e. The van der Waals surface area contributed by atoms with Crippen molar-refractivity contribution in [2.75, 3.05) is 33.2 Å². The normalized spacial score (nSPS) is 17.3. The van der Waals surface area contributed by atoms with Gasteiger partial charge in [-0.2, -0.15) is 4.31 Å². The zero-order valence-electron chi connectivity index (χ0n) is 11.7. The number of rotatable bonds is 4. The predicted molar refractivity (Wildman–Crippen MR) is 76.0 cm³/mol. The van der Waals surface area contributed by atoms with Gasteiger partial charge in [0.2, 0.25) is 10.0 Å². The first-order valence-corrected chi connectivity index (χ1v) is 7.78. The van der Waals surface area contributed by atoms with Gasteiger partial charge in [0.05, 0.1) is 20.8 Å². The second-order valence-electron chi connectivity index (χ2n) is 4.91. The fourth-order valence-corrected chi connectivity index (χ4v) is 3.59. The van der Waals surface area contributed by atoms with Crippen LogP contribution in [0.4, 0.5) is 11.4 Å². The van der Waals surface area contributed by atoms with Crippen LogP contribution in [0.5, 0.6) is 0 Å². The van der Waals surface area contributed by atoms with Crippen LogP contribution in [0.2, 0.25) is 0 Å². The van der Waals surface area contributed by atoms with E-state index in [2.05, 4.69) is 0 Å². The molecular weight excluding hydrogens is 316 g/mol. The molecule has 1 fully saturated rings. The number of benzene rings is 1. The van der Waals surface area contributed by atoms with Crippen molar-refractivity contribution in [3.8, 4) is 0 Å². The van der Waals surface area contributed by atoms with Crippen LogP contribution < -0.4 is 0 Å². The van der Waals surface area contributed by atoms with Gasteiger partial charge in [0, 0.05) is 38.3 Å². The van der Waals surface area contributed by atoms with E-state index >= 15 is 0 Å². The standard InChI is InChI=1S/C11H14N4O6S/c1-12-2-4-13(5-3-12)22(20,21)11-7-9(14(16)17)6-10(8-11)15(18)19/h6-8H,2-5H2,1H3. The van der Waals surface area contributed by atoms with E-state index in [1.54, 1.807) is 0 Å². The van der Waals surface area contributed by atoms with E-state index in [1.165, 1.54) is 4.31 Å². The summed E-state index contributed by atoms with van der Waals surface area (Å²) in [6.07, 6.45) is 0. The molecule has 10 nitrogen and oxygen atoms in total. The summed E-state index contributed by atoms with van der Waals surface area (Å²) >= 11 is 0. The molecule has 1 heterocycles. The van der Waals surface area contributed by atoms with Crippen LogP contribution >= 0.6 is 0 Å². The summed E-state index contributed by atoms with van der Waals surface area (Å²) in [6, 6.07) is 2.43. The first-order valence-electron chi connectivity index (χ1n) is 6.34. The quantitative estimate of drug-likeness (QED) is 0.579. The van der Waals surface area contributed by atoms with E-state index in [-0.39, 0.29) is 13.1 Å². The smallest absolute Gasteiger partial charge is 0.277 e. The third-order valence-electron chi connectivity index (χ3n) is 3.40. The van der Waals surface area contributed by atoms with Crippen LogP contribution in [0.15, 0.2) is 23.1 Å². The second kappa shape index (κ2) is 5.94. The summed E-state index contributed by atoms with van der Waals surface area (Å²) < 4.78 is 26.2. The Balaban J connectivity index is 2.46. The average Bonchev–Trinajstić information content (AvgIpc) is 2.47. The number of nitrogens with zero attached hydrogens (tertiary/aromatic N) is 4. The topological polar surface area (TPSA) is 127 Å². The molecule has 0 saturated carbocycles. The summed E-state index contributed by atoms with van der Waals surface area (Å²) in [7, 11) is -2.15. The van der Waals surface area contributed by atoms with Crippen LogP contribution in [0.25, 0.3) is 0 Å². The predicted octanol–water partition coefficient (Wildman–Crippen LogP) is 0.439. The van der Waals surface area contributed by atoms with Gasteiger partial charge >= 0.3 is 0 Å². The number of sulfonamides is 1.